The molecule has 0 aliphatic heterocycles. The maximum Gasteiger partial charge on any atom is 0.0270 e. The molecular weight excluding hydrogens is 210 g/mol. The highest BCUT2D eigenvalue weighted by Gasteiger charge is 2.21. The predicted molar refractivity (Wildman–Crippen MR) is 71.2 cm³/mol. The molecule has 1 heterocycles. The van der Waals surface area contributed by atoms with Gasteiger partial charge in [-0.15, -0.1) is 0 Å². The standard InChI is InChI=1S/C14H23N3/c1-14(2,12-5-7-15-8-6-12)11-16-9-10-17-13-3-4-13/h5-8,13,16-17H,3-4,9-11H2,1-2H3. The highest BCUT2D eigenvalue weighted by atomic mass is 15.0. The number of pyridine rings is 1. The van der Waals surface area contributed by atoms with Crippen LogP contribution in [0.25, 0.3) is 0 Å². The fourth-order valence-corrected chi connectivity index (χ4v) is 1.96. The Morgan fingerprint density at radius 1 is 1.24 bits per heavy atom. The molecule has 0 spiro atoms. The largest absolute Gasteiger partial charge is 0.315 e. The second-order valence-electron chi connectivity index (χ2n) is 5.52. The van der Waals surface area contributed by atoms with Crippen molar-refractivity contribution in [1.29, 1.82) is 0 Å². The molecule has 0 saturated heterocycles. The van der Waals surface area contributed by atoms with Crippen LogP contribution >= 0.6 is 0 Å². The van der Waals surface area contributed by atoms with E-state index in [0.29, 0.717) is 0 Å². The first-order valence-electron chi connectivity index (χ1n) is 6.53. The smallest absolute Gasteiger partial charge is 0.0270 e. The van der Waals surface area contributed by atoms with Crippen LogP contribution in [0.5, 0.6) is 0 Å². The molecule has 1 fully saturated rings. The van der Waals surface area contributed by atoms with Crippen molar-refractivity contribution in [2.45, 2.75) is 38.1 Å². The average molecular weight is 233 g/mol. The van der Waals surface area contributed by atoms with Gasteiger partial charge in [-0.25, -0.2) is 0 Å². The lowest BCUT2D eigenvalue weighted by Gasteiger charge is -2.25. The van der Waals surface area contributed by atoms with Crippen LogP contribution in [0.1, 0.15) is 32.3 Å². The van der Waals surface area contributed by atoms with Crippen molar-refractivity contribution in [3.8, 4) is 0 Å². The number of hydrogen-bond acceptors (Lipinski definition) is 3. The number of nitrogens with zero attached hydrogens (tertiary/aromatic N) is 1. The van der Waals surface area contributed by atoms with Gasteiger partial charge in [0, 0.05) is 43.5 Å². The molecule has 0 unspecified atom stereocenters. The lowest BCUT2D eigenvalue weighted by Crippen LogP contribution is -2.37. The van der Waals surface area contributed by atoms with E-state index in [0.717, 1.165) is 25.7 Å². The molecule has 0 atom stereocenters. The quantitative estimate of drug-likeness (QED) is 0.704. The zero-order valence-corrected chi connectivity index (χ0v) is 10.9. The maximum absolute atomic E-state index is 4.06. The molecule has 1 aromatic heterocycles. The SMILES string of the molecule is CC(C)(CNCCNC1CC1)c1ccncc1. The van der Waals surface area contributed by atoms with Crippen LogP contribution in [0.3, 0.4) is 0 Å². The van der Waals surface area contributed by atoms with Crippen molar-refractivity contribution in [1.82, 2.24) is 15.6 Å². The van der Waals surface area contributed by atoms with Gasteiger partial charge in [0.2, 0.25) is 0 Å². The van der Waals surface area contributed by atoms with Crippen LogP contribution in [0, 0.1) is 0 Å². The molecule has 1 aromatic rings. The summed E-state index contributed by atoms with van der Waals surface area (Å²) in [5, 5.41) is 7.03. The third-order valence-corrected chi connectivity index (χ3v) is 3.34. The first kappa shape index (κ1) is 12.5. The summed E-state index contributed by atoms with van der Waals surface area (Å²) in [4.78, 5) is 4.06. The van der Waals surface area contributed by atoms with Crippen molar-refractivity contribution in [3.63, 3.8) is 0 Å². The maximum atomic E-state index is 4.06. The van der Waals surface area contributed by atoms with Crippen LogP contribution in [0.4, 0.5) is 0 Å². The van der Waals surface area contributed by atoms with Crippen LogP contribution < -0.4 is 10.6 Å². The van der Waals surface area contributed by atoms with Gasteiger partial charge in [-0.05, 0) is 30.5 Å². The second kappa shape index (κ2) is 5.61. The molecular formula is C14H23N3. The van der Waals surface area contributed by atoms with Crippen LogP contribution in [-0.2, 0) is 5.41 Å². The highest BCUT2D eigenvalue weighted by Crippen LogP contribution is 2.21. The van der Waals surface area contributed by atoms with E-state index >= 15 is 0 Å². The minimum absolute atomic E-state index is 0.169. The van der Waals surface area contributed by atoms with Gasteiger partial charge in [0.1, 0.15) is 0 Å². The van der Waals surface area contributed by atoms with Crippen molar-refractivity contribution < 1.29 is 0 Å². The van der Waals surface area contributed by atoms with E-state index in [4.69, 9.17) is 0 Å². The lowest BCUT2D eigenvalue weighted by atomic mass is 9.85. The van der Waals surface area contributed by atoms with E-state index in [-0.39, 0.29) is 5.41 Å². The minimum atomic E-state index is 0.169. The monoisotopic (exact) mass is 233 g/mol. The summed E-state index contributed by atoms with van der Waals surface area (Å²) in [6.45, 7) is 7.67. The first-order valence-corrected chi connectivity index (χ1v) is 6.53. The normalized spacial score (nSPS) is 16.1. The second-order valence-corrected chi connectivity index (χ2v) is 5.52. The summed E-state index contributed by atoms with van der Waals surface area (Å²) in [7, 11) is 0. The molecule has 0 bridgehead atoms. The highest BCUT2D eigenvalue weighted by molar-refractivity contribution is 5.20. The van der Waals surface area contributed by atoms with Gasteiger partial charge in [-0.3, -0.25) is 4.98 Å². The molecule has 94 valence electrons. The summed E-state index contributed by atoms with van der Waals surface area (Å²) in [5.41, 5.74) is 1.51. The molecule has 2 N–H and O–H groups in total. The number of aromatic nitrogens is 1. The molecule has 0 amide bonds. The van der Waals surface area contributed by atoms with E-state index < -0.39 is 0 Å². The topological polar surface area (TPSA) is 37.0 Å². The van der Waals surface area contributed by atoms with E-state index in [1.165, 1.54) is 18.4 Å². The van der Waals surface area contributed by atoms with E-state index in [1.807, 2.05) is 12.4 Å². The number of nitrogens with one attached hydrogen (secondary N) is 2. The van der Waals surface area contributed by atoms with Crippen molar-refractivity contribution in [2.24, 2.45) is 0 Å². The molecule has 3 heteroatoms. The van der Waals surface area contributed by atoms with E-state index in [9.17, 15) is 0 Å². The lowest BCUT2D eigenvalue weighted by molar-refractivity contribution is 0.464. The van der Waals surface area contributed by atoms with Crippen LogP contribution in [-0.4, -0.2) is 30.7 Å². The van der Waals surface area contributed by atoms with Crippen LogP contribution in [0.15, 0.2) is 24.5 Å². The predicted octanol–water partition coefficient (Wildman–Crippen LogP) is 1.70. The average Bonchev–Trinajstić information content (AvgIpc) is 3.14. The molecule has 1 saturated carbocycles. The Balaban J connectivity index is 1.69. The Kier molecular flexibility index (Phi) is 4.13. The Morgan fingerprint density at radius 2 is 1.94 bits per heavy atom. The Morgan fingerprint density at radius 3 is 2.59 bits per heavy atom. The van der Waals surface area contributed by atoms with Gasteiger partial charge in [0.25, 0.3) is 0 Å². The van der Waals surface area contributed by atoms with E-state index in [2.05, 4.69) is 41.6 Å². The minimum Gasteiger partial charge on any atom is -0.315 e. The van der Waals surface area contributed by atoms with Crippen molar-refractivity contribution >= 4 is 0 Å². The molecule has 2 rings (SSSR count). The molecule has 0 aromatic carbocycles. The molecule has 0 radical (unpaired) electrons. The van der Waals surface area contributed by atoms with Gasteiger partial charge < -0.3 is 10.6 Å². The third-order valence-electron chi connectivity index (χ3n) is 3.34. The van der Waals surface area contributed by atoms with Gasteiger partial charge >= 0.3 is 0 Å². The summed E-state index contributed by atoms with van der Waals surface area (Å²) >= 11 is 0. The van der Waals surface area contributed by atoms with Gasteiger partial charge in [0.05, 0.1) is 0 Å². The molecule has 1 aliphatic rings. The molecule has 3 nitrogen and oxygen atoms in total. The fourth-order valence-electron chi connectivity index (χ4n) is 1.96. The van der Waals surface area contributed by atoms with Gasteiger partial charge in [-0.1, -0.05) is 13.8 Å². The van der Waals surface area contributed by atoms with Crippen molar-refractivity contribution in [2.75, 3.05) is 19.6 Å². The summed E-state index contributed by atoms with van der Waals surface area (Å²) in [6.07, 6.45) is 6.46. The number of hydrogen-bond donors (Lipinski definition) is 2. The third kappa shape index (κ3) is 4.10. The first-order chi connectivity index (χ1) is 8.18. The Bertz CT molecular complexity index is 331. The summed E-state index contributed by atoms with van der Waals surface area (Å²) in [5.74, 6) is 0. The zero-order valence-electron chi connectivity index (χ0n) is 10.9. The Labute approximate surface area is 104 Å². The van der Waals surface area contributed by atoms with Crippen molar-refractivity contribution in [3.05, 3.63) is 30.1 Å². The van der Waals surface area contributed by atoms with E-state index in [1.54, 1.807) is 0 Å². The Hall–Kier alpha value is -0.930. The fraction of sp³-hybridized carbons (Fsp3) is 0.643. The summed E-state index contributed by atoms with van der Waals surface area (Å²) < 4.78 is 0. The molecule has 17 heavy (non-hydrogen) atoms. The van der Waals surface area contributed by atoms with Gasteiger partial charge in [-0.2, -0.15) is 0 Å². The van der Waals surface area contributed by atoms with Gasteiger partial charge in [0.15, 0.2) is 0 Å². The molecule has 1 aliphatic carbocycles. The number of rotatable bonds is 7. The van der Waals surface area contributed by atoms with Crippen LogP contribution in [0.2, 0.25) is 0 Å². The summed E-state index contributed by atoms with van der Waals surface area (Å²) in [6, 6.07) is 5.01. The zero-order chi connectivity index (χ0) is 12.1.